The van der Waals surface area contributed by atoms with Gasteiger partial charge in [0.05, 0.1) is 18.3 Å². The van der Waals surface area contributed by atoms with Gasteiger partial charge in [0.1, 0.15) is 5.92 Å². The van der Waals surface area contributed by atoms with Gasteiger partial charge >= 0.3 is 0 Å². The minimum absolute atomic E-state index is 0.192. The Labute approximate surface area is 221 Å². The first-order valence-electron chi connectivity index (χ1n) is 11.9. The number of fused-ring (bicyclic) bond motifs is 4. The maximum atomic E-state index is 14.0. The number of halogens is 1. The van der Waals surface area contributed by atoms with Crippen LogP contribution < -0.4 is 25.0 Å². The lowest BCUT2D eigenvalue weighted by Gasteiger charge is -2.56. The number of carbonyl (C=O) groups excluding carboxylic acids is 1. The molecule has 1 saturated heterocycles. The van der Waals surface area contributed by atoms with E-state index in [1.807, 2.05) is 56.0 Å². The van der Waals surface area contributed by atoms with Crippen molar-refractivity contribution in [1.82, 2.24) is 5.32 Å². The first kappa shape index (κ1) is 24.4. The van der Waals surface area contributed by atoms with E-state index >= 15 is 0 Å². The number of hydrogen-bond acceptors (Lipinski definition) is 4. The third-order valence-corrected chi connectivity index (χ3v) is 7.55. The Balaban J connectivity index is 1.66. The van der Waals surface area contributed by atoms with E-state index in [0.717, 1.165) is 22.4 Å². The molecule has 2 N–H and O–H groups in total. The highest BCUT2D eigenvalue weighted by Crippen LogP contribution is 2.53. The van der Waals surface area contributed by atoms with Crippen LogP contribution in [0, 0.1) is 19.8 Å². The number of carbonyl (C=O) groups is 1. The van der Waals surface area contributed by atoms with Gasteiger partial charge in [0.25, 0.3) is 0 Å². The molecule has 3 aromatic rings. The number of anilines is 2. The molecule has 0 spiro atoms. The summed E-state index contributed by atoms with van der Waals surface area (Å²) in [6.45, 7) is 8.46. The molecule has 0 aliphatic carbocycles. The van der Waals surface area contributed by atoms with Gasteiger partial charge in [-0.1, -0.05) is 35.9 Å². The number of benzene rings is 3. The second kappa shape index (κ2) is 9.30. The zero-order valence-electron chi connectivity index (χ0n) is 20.6. The Morgan fingerprint density at radius 1 is 1.17 bits per heavy atom. The van der Waals surface area contributed by atoms with Crippen molar-refractivity contribution in [3.8, 4) is 11.5 Å². The standard InChI is InChI=1S/C28H28ClN3O3S/c1-5-34-22-11-7-9-20-24-23(26(33)30-19-14-12-18(29)13-15-19)28(4,35-25(20)22)32(27(36)31-24)21-10-6-8-16(2)17(21)3/h6-15,23-24H,5H2,1-4H3,(H,30,33)(H,31,36)/t23-,24-,28-/m0/s1. The van der Waals surface area contributed by atoms with E-state index in [-0.39, 0.29) is 5.91 Å². The number of nitrogens with one attached hydrogen (secondary N) is 2. The molecule has 186 valence electrons. The summed E-state index contributed by atoms with van der Waals surface area (Å²) in [5.74, 6) is 0.415. The van der Waals surface area contributed by atoms with Gasteiger partial charge in [0, 0.05) is 16.3 Å². The van der Waals surface area contributed by atoms with Gasteiger partial charge < -0.3 is 20.1 Å². The predicted molar refractivity (Wildman–Crippen MR) is 147 cm³/mol. The van der Waals surface area contributed by atoms with Crippen LogP contribution in [-0.4, -0.2) is 23.4 Å². The molecule has 1 amide bonds. The van der Waals surface area contributed by atoms with Crippen molar-refractivity contribution in [2.75, 3.05) is 16.8 Å². The van der Waals surface area contributed by atoms with E-state index in [1.54, 1.807) is 24.3 Å². The van der Waals surface area contributed by atoms with Crippen LogP contribution in [0.15, 0.2) is 60.7 Å². The van der Waals surface area contributed by atoms with Gasteiger partial charge in [-0.3, -0.25) is 9.69 Å². The third kappa shape index (κ3) is 3.96. The second-order valence-corrected chi connectivity index (χ2v) is 10.0. The molecule has 2 aliphatic rings. The fourth-order valence-electron chi connectivity index (χ4n) is 5.13. The predicted octanol–water partition coefficient (Wildman–Crippen LogP) is 6.15. The van der Waals surface area contributed by atoms with Crippen LogP contribution in [0.5, 0.6) is 11.5 Å². The molecule has 3 aromatic carbocycles. The van der Waals surface area contributed by atoms with Crippen LogP contribution in [-0.2, 0) is 4.79 Å². The molecular formula is C28H28ClN3O3S. The summed E-state index contributed by atoms with van der Waals surface area (Å²) in [6.07, 6.45) is 0. The smallest absolute Gasteiger partial charge is 0.236 e. The number of rotatable bonds is 5. The van der Waals surface area contributed by atoms with Crippen LogP contribution in [0.25, 0.3) is 0 Å². The molecule has 5 rings (SSSR count). The lowest BCUT2D eigenvalue weighted by atomic mass is 9.78. The monoisotopic (exact) mass is 521 g/mol. The summed E-state index contributed by atoms with van der Waals surface area (Å²) in [5.41, 5.74) is 3.41. The topological polar surface area (TPSA) is 62.8 Å². The number of hydrogen-bond donors (Lipinski definition) is 2. The second-order valence-electron chi connectivity index (χ2n) is 9.22. The summed E-state index contributed by atoms with van der Waals surface area (Å²) >= 11 is 11.9. The first-order chi connectivity index (χ1) is 17.2. The molecule has 0 unspecified atom stereocenters. The zero-order valence-corrected chi connectivity index (χ0v) is 22.2. The van der Waals surface area contributed by atoms with E-state index in [4.69, 9.17) is 33.3 Å². The number of aryl methyl sites for hydroxylation is 1. The highest BCUT2D eigenvalue weighted by atomic mass is 35.5. The normalized spacial score (nSPS) is 22.2. The van der Waals surface area contributed by atoms with Crippen LogP contribution in [0.1, 0.15) is 36.6 Å². The number of ether oxygens (including phenoxy) is 2. The average molecular weight is 522 g/mol. The van der Waals surface area contributed by atoms with Gasteiger partial charge in [-0.2, -0.15) is 0 Å². The molecule has 36 heavy (non-hydrogen) atoms. The lowest BCUT2D eigenvalue weighted by Crippen LogP contribution is -2.72. The van der Waals surface area contributed by atoms with Crippen LogP contribution in [0.2, 0.25) is 5.02 Å². The van der Waals surface area contributed by atoms with E-state index < -0.39 is 17.7 Å². The van der Waals surface area contributed by atoms with Crippen molar-refractivity contribution < 1.29 is 14.3 Å². The largest absolute Gasteiger partial charge is 0.490 e. The van der Waals surface area contributed by atoms with Crippen molar-refractivity contribution in [2.45, 2.75) is 39.5 Å². The third-order valence-electron chi connectivity index (χ3n) is 7.00. The molecular weight excluding hydrogens is 494 g/mol. The molecule has 0 radical (unpaired) electrons. The molecule has 2 bridgehead atoms. The number of nitrogens with zero attached hydrogens (tertiary/aromatic N) is 1. The molecule has 1 fully saturated rings. The fourth-order valence-corrected chi connectivity index (χ4v) is 5.67. The Morgan fingerprint density at radius 2 is 1.89 bits per heavy atom. The number of thiocarbonyl (C=S) groups is 1. The lowest BCUT2D eigenvalue weighted by molar-refractivity contribution is -0.130. The Morgan fingerprint density at radius 3 is 2.61 bits per heavy atom. The van der Waals surface area contributed by atoms with E-state index in [9.17, 15) is 4.79 Å². The highest BCUT2D eigenvalue weighted by molar-refractivity contribution is 7.80. The number of amides is 1. The SMILES string of the molecule is CCOc1cccc2c1O[C@@]1(C)[C@H](C(=O)Nc3ccc(Cl)cc3)[C@H]2NC(=S)N1c1cccc(C)c1C. The molecule has 2 heterocycles. The Kier molecular flexibility index (Phi) is 6.30. The fraction of sp³-hybridized carbons (Fsp3) is 0.286. The van der Waals surface area contributed by atoms with Gasteiger partial charge in [0.15, 0.2) is 22.3 Å². The summed E-state index contributed by atoms with van der Waals surface area (Å²) in [5, 5.41) is 7.62. The van der Waals surface area contributed by atoms with Crippen molar-refractivity contribution in [1.29, 1.82) is 0 Å². The molecule has 3 atom stereocenters. The zero-order chi connectivity index (χ0) is 25.6. The Bertz CT molecular complexity index is 1350. The summed E-state index contributed by atoms with van der Waals surface area (Å²) in [4.78, 5) is 15.9. The van der Waals surface area contributed by atoms with Crippen molar-refractivity contribution in [3.63, 3.8) is 0 Å². The van der Waals surface area contributed by atoms with Gasteiger partial charge in [-0.05, 0) is 87.4 Å². The molecule has 0 saturated carbocycles. The summed E-state index contributed by atoms with van der Waals surface area (Å²) in [6, 6.07) is 18.4. The minimum Gasteiger partial charge on any atom is -0.490 e. The van der Waals surface area contributed by atoms with Crippen molar-refractivity contribution in [3.05, 3.63) is 82.4 Å². The maximum Gasteiger partial charge on any atom is 0.236 e. The molecule has 8 heteroatoms. The average Bonchev–Trinajstić information content (AvgIpc) is 2.83. The quantitative estimate of drug-likeness (QED) is 0.392. The van der Waals surface area contributed by atoms with Gasteiger partial charge in [-0.25, -0.2) is 0 Å². The van der Waals surface area contributed by atoms with Crippen LogP contribution in [0.4, 0.5) is 11.4 Å². The van der Waals surface area contributed by atoms with Crippen molar-refractivity contribution in [2.24, 2.45) is 5.92 Å². The number of para-hydroxylation sites is 1. The van der Waals surface area contributed by atoms with E-state index in [2.05, 4.69) is 23.6 Å². The van der Waals surface area contributed by atoms with E-state index in [0.29, 0.717) is 33.9 Å². The van der Waals surface area contributed by atoms with Gasteiger partial charge in [0.2, 0.25) is 5.91 Å². The maximum absolute atomic E-state index is 14.0. The van der Waals surface area contributed by atoms with Crippen molar-refractivity contribution >= 4 is 46.2 Å². The summed E-state index contributed by atoms with van der Waals surface area (Å²) in [7, 11) is 0. The van der Waals surface area contributed by atoms with Gasteiger partial charge in [-0.15, -0.1) is 0 Å². The molecule has 0 aromatic heterocycles. The highest BCUT2D eigenvalue weighted by Gasteiger charge is 2.59. The molecule has 6 nitrogen and oxygen atoms in total. The summed E-state index contributed by atoms with van der Waals surface area (Å²) < 4.78 is 12.7. The Hall–Kier alpha value is -3.29. The first-order valence-corrected chi connectivity index (χ1v) is 12.7. The molecule has 2 aliphatic heterocycles. The van der Waals surface area contributed by atoms with Crippen LogP contribution >= 0.6 is 23.8 Å². The minimum atomic E-state index is -1.14. The van der Waals surface area contributed by atoms with Crippen LogP contribution in [0.3, 0.4) is 0 Å². The van der Waals surface area contributed by atoms with E-state index in [1.165, 1.54) is 0 Å².